The highest BCUT2D eigenvalue weighted by molar-refractivity contribution is 5.94. The number of carbonyl (C=O) groups is 1. The zero-order valence-electron chi connectivity index (χ0n) is 15.0. The summed E-state index contributed by atoms with van der Waals surface area (Å²) in [5.74, 6) is -1.57. The van der Waals surface area contributed by atoms with Crippen LogP contribution in [0.2, 0.25) is 0 Å². The van der Waals surface area contributed by atoms with Gasteiger partial charge in [0.15, 0.2) is 0 Å². The van der Waals surface area contributed by atoms with Gasteiger partial charge in [-0.05, 0) is 62.9 Å². The third-order valence-corrected chi connectivity index (χ3v) is 5.54. The molecule has 1 amide bonds. The second kappa shape index (κ2) is 8.42. The Morgan fingerprint density at radius 1 is 1.04 bits per heavy atom. The van der Waals surface area contributed by atoms with E-state index < -0.39 is 18.1 Å². The van der Waals surface area contributed by atoms with Crippen LogP contribution in [0.3, 0.4) is 0 Å². The van der Waals surface area contributed by atoms with Gasteiger partial charge in [-0.25, -0.2) is 0 Å². The van der Waals surface area contributed by atoms with Crippen molar-refractivity contribution in [1.29, 1.82) is 0 Å². The van der Waals surface area contributed by atoms with Crippen LogP contribution in [0.15, 0.2) is 24.3 Å². The molecule has 6 heteroatoms. The summed E-state index contributed by atoms with van der Waals surface area (Å²) >= 11 is 0. The molecule has 1 N–H and O–H groups in total. The molecular weight excluding hydrogens is 341 g/mol. The number of likely N-dealkylation sites (tertiary alicyclic amines) is 1. The number of nitrogens with zero attached hydrogens (tertiary/aromatic N) is 1. The van der Waals surface area contributed by atoms with Gasteiger partial charge in [0.1, 0.15) is 0 Å². The van der Waals surface area contributed by atoms with Gasteiger partial charge in [-0.2, -0.15) is 13.2 Å². The fourth-order valence-electron chi connectivity index (χ4n) is 4.02. The average Bonchev–Trinajstić information content (AvgIpc) is 2.63. The number of rotatable bonds is 4. The molecule has 0 bridgehead atoms. The molecule has 1 saturated carbocycles. The molecule has 0 radical (unpaired) electrons. The number of piperidine rings is 1. The number of alkyl halides is 3. The van der Waals surface area contributed by atoms with E-state index in [4.69, 9.17) is 0 Å². The minimum atomic E-state index is -4.17. The summed E-state index contributed by atoms with van der Waals surface area (Å²) in [5, 5.41) is 2.79. The molecule has 0 unspecified atom stereocenters. The van der Waals surface area contributed by atoms with E-state index in [0.29, 0.717) is 18.4 Å². The van der Waals surface area contributed by atoms with Crippen molar-refractivity contribution in [1.82, 2.24) is 10.2 Å². The van der Waals surface area contributed by atoms with Gasteiger partial charge in [-0.3, -0.25) is 9.69 Å². The molecule has 3 rings (SSSR count). The summed E-state index contributed by atoms with van der Waals surface area (Å²) < 4.78 is 38.7. The van der Waals surface area contributed by atoms with Crippen LogP contribution < -0.4 is 5.32 Å². The second-order valence-electron chi connectivity index (χ2n) is 7.61. The number of nitrogens with one attached hydrogen (secondary N) is 1. The maximum absolute atomic E-state index is 12.9. The number of carbonyl (C=O) groups excluding carboxylic acids is 1. The van der Waals surface area contributed by atoms with Crippen LogP contribution in [-0.2, 0) is 6.54 Å². The van der Waals surface area contributed by atoms with Gasteiger partial charge >= 0.3 is 6.18 Å². The lowest BCUT2D eigenvalue weighted by Crippen LogP contribution is -2.41. The number of hydrogen-bond acceptors (Lipinski definition) is 2. The molecule has 2 atom stereocenters. The van der Waals surface area contributed by atoms with Crippen molar-refractivity contribution < 1.29 is 18.0 Å². The zero-order chi connectivity index (χ0) is 18.6. The Kier molecular flexibility index (Phi) is 6.22. The minimum absolute atomic E-state index is 0.0116. The van der Waals surface area contributed by atoms with Crippen molar-refractivity contribution >= 4 is 5.91 Å². The molecule has 26 heavy (non-hydrogen) atoms. The first-order chi connectivity index (χ1) is 12.4. The van der Waals surface area contributed by atoms with Crippen LogP contribution in [-0.4, -0.2) is 36.1 Å². The first-order valence-corrected chi connectivity index (χ1v) is 9.61. The van der Waals surface area contributed by atoms with E-state index in [2.05, 4.69) is 10.2 Å². The van der Waals surface area contributed by atoms with E-state index in [-0.39, 0.29) is 18.7 Å². The van der Waals surface area contributed by atoms with Crippen molar-refractivity contribution in [3.05, 3.63) is 35.4 Å². The molecular formula is C20H27F3N2O. The lowest BCUT2D eigenvalue weighted by atomic mass is 9.85. The van der Waals surface area contributed by atoms with Gasteiger partial charge in [0.2, 0.25) is 0 Å². The molecule has 0 spiro atoms. The van der Waals surface area contributed by atoms with Crippen LogP contribution in [0.5, 0.6) is 0 Å². The molecule has 144 valence electrons. The van der Waals surface area contributed by atoms with Gasteiger partial charge in [0, 0.05) is 18.2 Å². The molecule has 2 aliphatic rings. The highest BCUT2D eigenvalue weighted by atomic mass is 19.4. The molecule has 0 aromatic heterocycles. The molecule has 3 nitrogen and oxygen atoms in total. The Morgan fingerprint density at radius 2 is 1.73 bits per heavy atom. The predicted molar refractivity (Wildman–Crippen MR) is 94.8 cm³/mol. The van der Waals surface area contributed by atoms with Gasteiger partial charge in [0.25, 0.3) is 5.91 Å². The summed E-state index contributed by atoms with van der Waals surface area (Å²) in [6, 6.07) is 7.05. The Labute approximate surface area is 152 Å². The fourth-order valence-corrected chi connectivity index (χ4v) is 4.02. The van der Waals surface area contributed by atoms with Crippen molar-refractivity contribution in [2.45, 2.75) is 63.7 Å². The van der Waals surface area contributed by atoms with Gasteiger partial charge < -0.3 is 5.32 Å². The predicted octanol–water partition coefficient (Wildman–Crippen LogP) is 4.52. The van der Waals surface area contributed by atoms with Crippen LogP contribution in [0.25, 0.3) is 0 Å². The summed E-state index contributed by atoms with van der Waals surface area (Å²) in [6.07, 6.45) is 0.881. The molecule has 1 aromatic carbocycles. The van der Waals surface area contributed by atoms with Crippen LogP contribution in [0, 0.1) is 5.92 Å². The standard InChI is InChI=1S/C20H27F3N2O/c21-20(22,23)17-5-4-6-18(13-17)24-19(26)16-9-7-15(8-10-16)14-25-11-2-1-3-12-25/h7-10,17-18H,1-6,11-14H2,(H,24,26)/t17-,18+/m0/s1. The maximum atomic E-state index is 12.9. The molecule has 1 aliphatic carbocycles. The highest BCUT2D eigenvalue weighted by Crippen LogP contribution is 2.37. The quantitative estimate of drug-likeness (QED) is 0.847. The SMILES string of the molecule is O=C(N[C@@H]1CCC[C@H](C(F)(F)F)C1)c1ccc(CN2CCCCC2)cc1. The van der Waals surface area contributed by atoms with Gasteiger partial charge in [-0.15, -0.1) is 0 Å². The van der Waals surface area contributed by atoms with E-state index in [1.54, 1.807) is 12.1 Å². The molecule has 1 aromatic rings. The lowest BCUT2D eigenvalue weighted by molar-refractivity contribution is -0.183. The topological polar surface area (TPSA) is 32.3 Å². The largest absolute Gasteiger partial charge is 0.391 e. The molecule has 2 fully saturated rings. The smallest absolute Gasteiger partial charge is 0.349 e. The van der Waals surface area contributed by atoms with E-state index in [1.807, 2.05) is 12.1 Å². The minimum Gasteiger partial charge on any atom is -0.349 e. The lowest BCUT2D eigenvalue weighted by Gasteiger charge is -2.31. The van der Waals surface area contributed by atoms with Crippen molar-refractivity contribution in [2.75, 3.05) is 13.1 Å². The van der Waals surface area contributed by atoms with E-state index in [0.717, 1.165) is 19.6 Å². The summed E-state index contributed by atoms with van der Waals surface area (Å²) in [6.45, 7) is 3.12. The normalized spacial score (nSPS) is 25.0. The first kappa shape index (κ1) is 19.2. The molecule has 1 saturated heterocycles. The van der Waals surface area contributed by atoms with Crippen molar-refractivity contribution in [3.63, 3.8) is 0 Å². The monoisotopic (exact) mass is 368 g/mol. The zero-order valence-corrected chi connectivity index (χ0v) is 15.0. The maximum Gasteiger partial charge on any atom is 0.391 e. The molecule has 1 heterocycles. The second-order valence-corrected chi connectivity index (χ2v) is 7.61. The Hall–Kier alpha value is -1.56. The third-order valence-electron chi connectivity index (χ3n) is 5.54. The summed E-state index contributed by atoms with van der Waals surface area (Å²) in [7, 11) is 0. The number of amides is 1. The number of halogens is 3. The van der Waals surface area contributed by atoms with Crippen LogP contribution in [0.4, 0.5) is 13.2 Å². The third kappa shape index (κ3) is 5.22. The van der Waals surface area contributed by atoms with Crippen molar-refractivity contribution in [3.8, 4) is 0 Å². The van der Waals surface area contributed by atoms with Crippen LogP contribution in [0.1, 0.15) is 60.9 Å². The molecule has 1 aliphatic heterocycles. The Balaban J connectivity index is 1.53. The van der Waals surface area contributed by atoms with E-state index >= 15 is 0 Å². The average molecular weight is 368 g/mol. The summed E-state index contributed by atoms with van der Waals surface area (Å²) in [4.78, 5) is 14.8. The van der Waals surface area contributed by atoms with Gasteiger partial charge in [0.05, 0.1) is 5.92 Å². The number of benzene rings is 1. The Bertz CT molecular complexity index is 594. The van der Waals surface area contributed by atoms with Crippen LogP contribution >= 0.6 is 0 Å². The first-order valence-electron chi connectivity index (χ1n) is 9.61. The van der Waals surface area contributed by atoms with E-state index in [1.165, 1.54) is 24.8 Å². The van der Waals surface area contributed by atoms with E-state index in [9.17, 15) is 18.0 Å². The summed E-state index contributed by atoms with van der Waals surface area (Å²) in [5.41, 5.74) is 1.68. The van der Waals surface area contributed by atoms with Crippen molar-refractivity contribution in [2.24, 2.45) is 5.92 Å². The fraction of sp³-hybridized carbons (Fsp3) is 0.650. The van der Waals surface area contributed by atoms with Gasteiger partial charge in [-0.1, -0.05) is 25.0 Å². The Morgan fingerprint density at radius 3 is 2.38 bits per heavy atom. The number of hydrogen-bond donors (Lipinski definition) is 1. The highest BCUT2D eigenvalue weighted by Gasteiger charge is 2.42.